The maximum atomic E-state index is 14.3. The van der Waals surface area contributed by atoms with E-state index in [0.29, 0.717) is 28.7 Å². The number of nitrogens with one attached hydrogen (secondary N) is 2. The first-order chi connectivity index (χ1) is 16.5. The van der Waals surface area contributed by atoms with Gasteiger partial charge in [-0.1, -0.05) is 12.1 Å². The number of ether oxygens (including phenoxy) is 1. The van der Waals surface area contributed by atoms with Gasteiger partial charge in [0, 0.05) is 23.8 Å². The summed E-state index contributed by atoms with van der Waals surface area (Å²) in [6.45, 7) is 2.14. The minimum atomic E-state index is -4.89. The summed E-state index contributed by atoms with van der Waals surface area (Å²) in [5.74, 6) is -0.985. The van der Waals surface area contributed by atoms with Crippen LogP contribution in [0.5, 0.6) is 5.75 Å². The molecule has 35 heavy (non-hydrogen) atoms. The van der Waals surface area contributed by atoms with Crippen LogP contribution in [-0.4, -0.2) is 25.8 Å². The number of halogens is 4. The van der Waals surface area contributed by atoms with Crippen LogP contribution < -0.4 is 15.4 Å². The Labute approximate surface area is 199 Å². The summed E-state index contributed by atoms with van der Waals surface area (Å²) in [6.07, 6.45) is -3.44. The quantitative estimate of drug-likeness (QED) is 0.315. The van der Waals surface area contributed by atoms with Gasteiger partial charge in [0.25, 0.3) is 10.0 Å². The summed E-state index contributed by atoms with van der Waals surface area (Å²) in [5.41, 5.74) is 2.46. The Morgan fingerprint density at radius 1 is 1.00 bits per heavy atom. The standard InChI is InChI=1S/C24H21F4N3O3S/c1-15-3-10-22(21(25)11-15)30-17-4-9-20-16(13-29-2)14-31(23(20)12-17)35(32,33)19-7-5-18(6-8-19)34-24(26,27)28/h3-12,14,29-30H,13H2,1-2H3. The number of aromatic nitrogens is 1. The maximum absolute atomic E-state index is 14.3. The van der Waals surface area contributed by atoms with Crippen LogP contribution in [0.15, 0.2) is 71.8 Å². The number of hydrogen-bond donors (Lipinski definition) is 2. The third kappa shape index (κ3) is 5.25. The van der Waals surface area contributed by atoms with Crippen molar-refractivity contribution in [3.05, 3.63) is 83.8 Å². The average molecular weight is 508 g/mol. The number of aryl methyl sites for hydroxylation is 1. The Hall–Kier alpha value is -3.57. The molecule has 0 saturated carbocycles. The van der Waals surface area contributed by atoms with E-state index in [1.807, 2.05) is 0 Å². The van der Waals surface area contributed by atoms with Crippen LogP contribution in [-0.2, 0) is 16.6 Å². The van der Waals surface area contributed by atoms with E-state index in [1.165, 1.54) is 12.3 Å². The lowest BCUT2D eigenvalue weighted by Crippen LogP contribution is -2.17. The van der Waals surface area contributed by atoms with Gasteiger partial charge in [-0.3, -0.25) is 0 Å². The fourth-order valence-electron chi connectivity index (χ4n) is 3.68. The Morgan fingerprint density at radius 3 is 2.34 bits per heavy atom. The minimum Gasteiger partial charge on any atom is -0.406 e. The van der Waals surface area contributed by atoms with Gasteiger partial charge in [-0.05, 0) is 73.6 Å². The summed E-state index contributed by atoms with van der Waals surface area (Å²) in [5, 5.41) is 6.59. The van der Waals surface area contributed by atoms with Gasteiger partial charge < -0.3 is 15.4 Å². The molecule has 0 unspecified atom stereocenters. The van der Waals surface area contributed by atoms with Gasteiger partial charge in [-0.2, -0.15) is 0 Å². The van der Waals surface area contributed by atoms with Crippen LogP contribution in [0.3, 0.4) is 0 Å². The van der Waals surface area contributed by atoms with E-state index in [9.17, 15) is 26.0 Å². The Balaban J connectivity index is 1.77. The molecule has 4 rings (SSSR count). The highest BCUT2D eigenvalue weighted by atomic mass is 32.2. The SMILES string of the molecule is CNCc1cn(S(=O)(=O)c2ccc(OC(F)(F)F)cc2)c2cc(Nc3ccc(C)cc3F)ccc12. The van der Waals surface area contributed by atoms with Gasteiger partial charge in [0.15, 0.2) is 0 Å². The van der Waals surface area contributed by atoms with E-state index >= 15 is 0 Å². The molecule has 0 saturated heterocycles. The van der Waals surface area contributed by atoms with Gasteiger partial charge in [0.1, 0.15) is 11.6 Å². The molecule has 1 aromatic heterocycles. The average Bonchev–Trinajstić information content (AvgIpc) is 3.14. The molecule has 0 bridgehead atoms. The van der Waals surface area contributed by atoms with Crippen molar-refractivity contribution in [3.63, 3.8) is 0 Å². The molecule has 0 aliphatic rings. The normalized spacial score (nSPS) is 12.2. The number of alkyl halides is 3. The second-order valence-corrected chi connectivity index (χ2v) is 9.66. The lowest BCUT2D eigenvalue weighted by atomic mass is 10.1. The fourth-order valence-corrected chi connectivity index (χ4v) is 5.06. The first-order valence-corrected chi connectivity index (χ1v) is 11.8. The van der Waals surface area contributed by atoms with Crippen molar-refractivity contribution in [2.75, 3.05) is 12.4 Å². The molecule has 1 heterocycles. The summed E-state index contributed by atoms with van der Waals surface area (Å²) < 4.78 is 83.4. The van der Waals surface area contributed by atoms with Crippen LogP contribution in [0.4, 0.5) is 28.9 Å². The predicted molar refractivity (Wildman–Crippen MR) is 125 cm³/mol. The molecule has 2 N–H and O–H groups in total. The Morgan fingerprint density at radius 2 is 1.71 bits per heavy atom. The second kappa shape index (κ2) is 9.23. The van der Waals surface area contributed by atoms with Crippen molar-refractivity contribution in [1.29, 1.82) is 0 Å². The Kier molecular flexibility index (Phi) is 6.48. The van der Waals surface area contributed by atoms with Crippen LogP contribution in [0.25, 0.3) is 10.9 Å². The van der Waals surface area contributed by atoms with E-state index in [0.717, 1.165) is 33.8 Å². The number of anilines is 2. The topological polar surface area (TPSA) is 72.4 Å². The highest BCUT2D eigenvalue weighted by Gasteiger charge is 2.31. The predicted octanol–water partition coefficient (Wildman–Crippen LogP) is 5.69. The summed E-state index contributed by atoms with van der Waals surface area (Å²) in [7, 11) is -2.46. The first-order valence-electron chi connectivity index (χ1n) is 10.4. The monoisotopic (exact) mass is 507 g/mol. The van der Waals surface area contributed by atoms with Crippen LogP contribution >= 0.6 is 0 Å². The van der Waals surface area contributed by atoms with E-state index in [1.54, 1.807) is 44.3 Å². The lowest BCUT2D eigenvalue weighted by molar-refractivity contribution is -0.274. The zero-order valence-electron chi connectivity index (χ0n) is 18.7. The van der Waals surface area contributed by atoms with Crippen LogP contribution in [0.2, 0.25) is 0 Å². The lowest BCUT2D eigenvalue weighted by Gasteiger charge is -2.12. The third-order valence-electron chi connectivity index (χ3n) is 5.24. The minimum absolute atomic E-state index is 0.220. The first kappa shape index (κ1) is 24.6. The molecule has 0 spiro atoms. The van der Waals surface area contributed by atoms with Crippen molar-refractivity contribution in [2.45, 2.75) is 24.7 Å². The third-order valence-corrected chi connectivity index (χ3v) is 6.93. The molecule has 0 radical (unpaired) electrons. The summed E-state index contributed by atoms with van der Waals surface area (Å²) in [6, 6.07) is 13.7. The molecule has 0 atom stereocenters. The molecule has 0 aliphatic carbocycles. The largest absolute Gasteiger partial charge is 0.573 e. The molecule has 0 amide bonds. The van der Waals surface area contributed by atoms with E-state index in [4.69, 9.17) is 0 Å². The van der Waals surface area contributed by atoms with Crippen molar-refractivity contribution < 1.29 is 30.7 Å². The smallest absolute Gasteiger partial charge is 0.406 e. The number of nitrogens with zero attached hydrogens (tertiary/aromatic N) is 1. The molecule has 0 fully saturated rings. The zero-order chi connectivity index (χ0) is 25.4. The highest BCUT2D eigenvalue weighted by Crippen LogP contribution is 2.31. The van der Waals surface area contributed by atoms with Crippen molar-refractivity contribution in [1.82, 2.24) is 9.29 Å². The molecule has 11 heteroatoms. The van der Waals surface area contributed by atoms with E-state index in [2.05, 4.69) is 15.4 Å². The van der Waals surface area contributed by atoms with Crippen molar-refractivity contribution in [2.24, 2.45) is 0 Å². The molecule has 3 aromatic carbocycles. The molecule has 6 nitrogen and oxygen atoms in total. The molecular formula is C24H21F4N3O3S. The van der Waals surface area contributed by atoms with Gasteiger partial charge in [-0.25, -0.2) is 16.8 Å². The van der Waals surface area contributed by atoms with Gasteiger partial charge in [0.2, 0.25) is 0 Å². The van der Waals surface area contributed by atoms with Crippen molar-refractivity contribution in [3.8, 4) is 5.75 Å². The van der Waals surface area contributed by atoms with Crippen LogP contribution in [0, 0.1) is 12.7 Å². The van der Waals surface area contributed by atoms with E-state index < -0.39 is 28.0 Å². The number of fused-ring (bicyclic) bond motifs is 1. The number of benzene rings is 3. The molecule has 4 aromatic rings. The molecule has 0 aliphatic heterocycles. The summed E-state index contributed by atoms with van der Waals surface area (Å²) in [4.78, 5) is -0.220. The van der Waals surface area contributed by atoms with Gasteiger partial charge in [0.05, 0.1) is 16.1 Å². The fraction of sp³-hybridized carbons (Fsp3) is 0.167. The zero-order valence-corrected chi connectivity index (χ0v) is 19.5. The number of hydrogen-bond acceptors (Lipinski definition) is 5. The Bertz CT molecular complexity index is 1480. The highest BCUT2D eigenvalue weighted by molar-refractivity contribution is 7.90. The van der Waals surface area contributed by atoms with Crippen LogP contribution in [0.1, 0.15) is 11.1 Å². The van der Waals surface area contributed by atoms with E-state index in [-0.39, 0.29) is 10.6 Å². The number of rotatable bonds is 7. The molecule has 184 valence electrons. The van der Waals surface area contributed by atoms with Gasteiger partial charge >= 0.3 is 6.36 Å². The van der Waals surface area contributed by atoms with Gasteiger partial charge in [-0.15, -0.1) is 13.2 Å². The van der Waals surface area contributed by atoms with Crippen molar-refractivity contribution >= 4 is 32.3 Å². The maximum Gasteiger partial charge on any atom is 0.573 e. The second-order valence-electron chi connectivity index (χ2n) is 7.84. The molecular weight excluding hydrogens is 486 g/mol. The summed E-state index contributed by atoms with van der Waals surface area (Å²) >= 11 is 0.